The molecule has 2 N–H and O–H groups in total. The molecular formula is C22H29FN3O2+. The molecule has 5 nitrogen and oxygen atoms in total. The van der Waals surface area contributed by atoms with Crippen molar-refractivity contribution in [1.29, 1.82) is 0 Å². The molecule has 0 spiro atoms. The van der Waals surface area contributed by atoms with Gasteiger partial charge in [0.2, 0.25) is 0 Å². The van der Waals surface area contributed by atoms with Crippen LogP contribution in [-0.2, 0) is 11.2 Å². The molecule has 0 bridgehead atoms. The van der Waals surface area contributed by atoms with Crippen LogP contribution in [0.3, 0.4) is 0 Å². The van der Waals surface area contributed by atoms with Gasteiger partial charge in [-0.15, -0.1) is 0 Å². The second-order valence-corrected chi connectivity index (χ2v) is 7.23. The van der Waals surface area contributed by atoms with Crippen molar-refractivity contribution in [3.8, 4) is 5.75 Å². The largest absolute Gasteiger partial charge is 0.497 e. The van der Waals surface area contributed by atoms with Crippen molar-refractivity contribution in [2.45, 2.75) is 19.4 Å². The Hall–Kier alpha value is -2.60. The number of hydrogen-bond donors (Lipinski definition) is 2. The highest BCUT2D eigenvalue weighted by Gasteiger charge is 2.29. The number of amides is 1. The maximum atomic E-state index is 12.9. The van der Waals surface area contributed by atoms with E-state index in [1.807, 2.05) is 19.1 Å². The van der Waals surface area contributed by atoms with Crippen LogP contribution in [0.25, 0.3) is 0 Å². The van der Waals surface area contributed by atoms with E-state index >= 15 is 0 Å². The molecule has 0 unspecified atom stereocenters. The topological polar surface area (TPSA) is 46.0 Å². The lowest BCUT2D eigenvalue weighted by molar-refractivity contribution is -0.914. The predicted octanol–water partition coefficient (Wildman–Crippen LogP) is 1.29. The van der Waals surface area contributed by atoms with Crippen LogP contribution >= 0.6 is 0 Å². The molecular weight excluding hydrogens is 357 g/mol. The number of hydrogen-bond acceptors (Lipinski definition) is 3. The van der Waals surface area contributed by atoms with E-state index in [0.29, 0.717) is 13.0 Å². The number of benzene rings is 2. The van der Waals surface area contributed by atoms with Crippen molar-refractivity contribution in [3.63, 3.8) is 0 Å². The molecule has 150 valence electrons. The van der Waals surface area contributed by atoms with Crippen molar-refractivity contribution in [2.24, 2.45) is 0 Å². The first-order chi connectivity index (χ1) is 13.6. The molecule has 1 aliphatic heterocycles. The van der Waals surface area contributed by atoms with Crippen molar-refractivity contribution in [3.05, 3.63) is 59.9 Å². The van der Waals surface area contributed by atoms with Gasteiger partial charge in [-0.05, 0) is 55.3 Å². The number of nitrogens with zero attached hydrogens (tertiary/aromatic N) is 1. The second kappa shape index (κ2) is 9.55. The number of rotatable bonds is 7. The van der Waals surface area contributed by atoms with Gasteiger partial charge in [0.1, 0.15) is 11.6 Å². The molecule has 28 heavy (non-hydrogen) atoms. The third-order valence-electron chi connectivity index (χ3n) is 5.48. The average Bonchev–Trinajstić information content (AvgIpc) is 2.74. The number of piperazine rings is 1. The minimum Gasteiger partial charge on any atom is -0.497 e. The first kappa shape index (κ1) is 20.1. The van der Waals surface area contributed by atoms with Crippen molar-refractivity contribution in [2.75, 3.05) is 44.7 Å². The summed E-state index contributed by atoms with van der Waals surface area (Å²) in [5, 5.41) is 3.02. The monoisotopic (exact) mass is 386 g/mol. The molecule has 0 aliphatic carbocycles. The fraction of sp³-hybridized carbons (Fsp3) is 0.409. The summed E-state index contributed by atoms with van der Waals surface area (Å²) in [6.45, 7) is 6.27. The third-order valence-corrected chi connectivity index (χ3v) is 5.48. The minimum absolute atomic E-state index is 0.0776. The van der Waals surface area contributed by atoms with E-state index in [1.165, 1.54) is 22.7 Å². The molecule has 6 heteroatoms. The molecule has 1 fully saturated rings. The van der Waals surface area contributed by atoms with Gasteiger partial charge in [-0.1, -0.05) is 12.1 Å². The van der Waals surface area contributed by atoms with Crippen LogP contribution < -0.4 is 19.9 Å². The Labute approximate surface area is 166 Å². The predicted molar refractivity (Wildman–Crippen MR) is 108 cm³/mol. The number of nitrogens with one attached hydrogen (secondary N) is 2. The number of carbonyl (C=O) groups excluding carboxylic acids is 1. The zero-order valence-electron chi connectivity index (χ0n) is 16.6. The first-order valence-electron chi connectivity index (χ1n) is 9.82. The number of halogens is 1. The zero-order valence-corrected chi connectivity index (χ0v) is 16.6. The van der Waals surface area contributed by atoms with Gasteiger partial charge in [0, 0.05) is 12.2 Å². The summed E-state index contributed by atoms with van der Waals surface area (Å²) in [6.07, 6.45) is 0.708. The van der Waals surface area contributed by atoms with Gasteiger partial charge in [-0.25, -0.2) is 4.39 Å². The lowest BCUT2D eigenvalue weighted by Crippen LogP contribution is -3.19. The summed E-state index contributed by atoms with van der Waals surface area (Å²) in [4.78, 5) is 16.1. The van der Waals surface area contributed by atoms with Crippen molar-refractivity contribution in [1.82, 2.24) is 5.32 Å². The summed E-state index contributed by atoms with van der Waals surface area (Å²) >= 11 is 0. The van der Waals surface area contributed by atoms with Crippen LogP contribution in [0.1, 0.15) is 12.5 Å². The van der Waals surface area contributed by atoms with Crippen LogP contribution in [-0.4, -0.2) is 51.8 Å². The zero-order chi connectivity index (χ0) is 19.9. The normalized spacial score (nSPS) is 15.9. The lowest BCUT2D eigenvalue weighted by atomic mass is 10.1. The quantitative estimate of drug-likeness (QED) is 0.754. The number of methoxy groups -OCH3 is 1. The van der Waals surface area contributed by atoms with Gasteiger partial charge < -0.3 is 19.9 Å². The highest BCUT2D eigenvalue weighted by Crippen LogP contribution is 2.19. The Morgan fingerprint density at radius 3 is 2.39 bits per heavy atom. The summed E-state index contributed by atoms with van der Waals surface area (Å²) in [6, 6.07) is 14.5. The van der Waals surface area contributed by atoms with Crippen molar-refractivity contribution >= 4 is 11.6 Å². The maximum Gasteiger partial charge on any atom is 0.278 e. The smallest absolute Gasteiger partial charge is 0.278 e. The van der Waals surface area contributed by atoms with Gasteiger partial charge in [-0.2, -0.15) is 0 Å². The molecule has 1 aliphatic rings. The van der Waals surface area contributed by atoms with Gasteiger partial charge in [0.15, 0.2) is 6.04 Å². The van der Waals surface area contributed by atoms with E-state index in [2.05, 4.69) is 22.3 Å². The van der Waals surface area contributed by atoms with Crippen LogP contribution in [0.15, 0.2) is 48.5 Å². The molecule has 1 saturated heterocycles. The van der Waals surface area contributed by atoms with Gasteiger partial charge in [0.25, 0.3) is 5.91 Å². The highest BCUT2D eigenvalue weighted by molar-refractivity contribution is 5.79. The fourth-order valence-corrected chi connectivity index (χ4v) is 3.60. The Balaban J connectivity index is 1.42. The van der Waals surface area contributed by atoms with E-state index in [9.17, 15) is 9.18 Å². The summed E-state index contributed by atoms with van der Waals surface area (Å²) in [5.41, 5.74) is 2.21. The Morgan fingerprint density at radius 2 is 1.79 bits per heavy atom. The van der Waals surface area contributed by atoms with E-state index in [0.717, 1.165) is 37.5 Å². The molecule has 0 aromatic heterocycles. The molecule has 2 aromatic carbocycles. The second-order valence-electron chi connectivity index (χ2n) is 7.23. The third kappa shape index (κ3) is 5.23. The number of anilines is 1. The molecule has 3 rings (SSSR count). The summed E-state index contributed by atoms with van der Waals surface area (Å²) in [5.74, 6) is 0.702. The van der Waals surface area contributed by atoms with E-state index in [1.54, 1.807) is 19.2 Å². The Morgan fingerprint density at radius 1 is 1.14 bits per heavy atom. The molecule has 2 aromatic rings. The van der Waals surface area contributed by atoms with Crippen LogP contribution in [0.5, 0.6) is 5.75 Å². The van der Waals surface area contributed by atoms with Gasteiger partial charge in [-0.3, -0.25) is 4.79 Å². The minimum atomic E-state index is -0.237. The van der Waals surface area contributed by atoms with Gasteiger partial charge in [0.05, 0.1) is 33.3 Å². The molecule has 1 atom stereocenters. The average molecular weight is 386 g/mol. The summed E-state index contributed by atoms with van der Waals surface area (Å²) in [7, 11) is 1.67. The SMILES string of the molecule is COc1ccc(N2CC[NH+]([C@H](C)C(=O)NCCc3ccc(F)cc3)CC2)cc1. The number of ether oxygens (including phenoxy) is 1. The van der Waals surface area contributed by atoms with E-state index < -0.39 is 0 Å². The van der Waals surface area contributed by atoms with Crippen LogP contribution in [0, 0.1) is 5.82 Å². The van der Waals surface area contributed by atoms with E-state index in [4.69, 9.17) is 4.74 Å². The van der Waals surface area contributed by atoms with Crippen LogP contribution in [0.2, 0.25) is 0 Å². The van der Waals surface area contributed by atoms with Crippen LogP contribution in [0.4, 0.5) is 10.1 Å². The maximum absolute atomic E-state index is 12.9. The highest BCUT2D eigenvalue weighted by atomic mass is 19.1. The molecule has 1 amide bonds. The molecule has 0 radical (unpaired) electrons. The number of quaternary nitrogens is 1. The standard InChI is InChI=1S/C22H28FN3O2/c1-17(22(27)24-12-11-18-3-5-19(23)6-4-18)25-13-15-26(16-14-25)20-7-9-21(28-2)10-8-20/h3-10,17H,11-16H2,1-2H3,(H,24,27)/p+1/t17-/m1/s1. The van der Waals surface area contributed by atoms with E-state index in [-0.39, 0.29) is 17.8 Å². The van der Waals surface area contributed by atoms with Gasteiger partial charge >= 0.3 is 0 Å². The molecule has 1 heterocycles. The molecule has 0 saturated carbocycles. The lowest BCUT2D eigenvalue weighted by Gasteiger charge is -2.36. The fourth-order valence-electron chi connectivity index (χ4n) is 3.60. The Kier molecular flexibility index (Phi) is 6.87. The summed E-state index contributed by atoms with van der Waals surface area (Å²) < 4.78 is 18.2. The first-order valence-corrected chi connectivity index (χ1v) is 9.82. The van der Waals surface area contributed by atoms with Crippen molar-refractivity contribution < 1.29 is 18.8 Å². The number of carbonyl (C=O) groups is 1. The Bertz CT molecular complexity index is 756.